The summed E-state index contributed by atoms with van der Waals surface area (Å²) in [5, 5.41) is 0. The number of rotatable bonds is 4. The van der Waals surface area contributed by atoms with Crippen molar-refractivity contribution in [2.45, 2.75) is 45.6 Å². The van der Waals surface area contributed by atoms with Crippen LogP contribution in [0.3, 0.4) is 0 Å². The van der Waals surface area contributed by atoms with Crippen LogP contribution in [-0.2, 0) is 10.0 Å². The molecule has 0 heterocycles. The first-order valence-corrected chi connectivity index (χ1v) is 7.48. The molecule has 4 nitrogen and oxygen atoms in total. The number of hydrogen-bond donors (Lipinski definition) is 2. The fourth-order valence-electron chi connectivity index (χ4n) is 1.96. The minimum atomic E-state index is -3.51. The van der Waals surface area contributed by atoms with E-state index in [0.29, 0.717) is 4.90 Å². The summed E-state index contributed by atoms with van der Waals surface area (Å²) < 4.78 is 27.4. The van der Waals surface area contributed by atoms with Gasteiger partial charge in [0.25, 0.3) is 0 Å². The van der Waals surface area contributed by atoms with E-state index in [1.165, 1.54) is 0 Å². The third-order valence-electron chi connectivity index (χ3n) is 3.28. The minimum Gasteiger partial charge on any atom is -0.329 e. The number of nitrogens with one attached hydrogen (secondary N) is 1. The molecule has 0 saturated heterocycles. The molecule has 0 unspecified atom stereocenters. The van der Waals surface area contributed by atoms with E-state index in [2.05, 4.69) is 4.72 Å². The molecule has 110 valence electrons. The summed E-state index contributed by atoms with van der Waals surface area (Å²) in [5.41, 5.74) is 9.04. The van der Waals surface area contributed by atoms with Crippen molar-refractivity contribution >= 4 is 22.4 Å². The van der Waals surface area contributed by atoms with Crippen LogP contribution in [0.1, 0.15) is 29.2 Å². The summed E-state index contributed by atoms with van der Waals surface area (Å²) in [4.78, 5) is 0.389. The molecule has 0 fully saturated rings. The third kappa shape index (κ3) is 3.92. The summed E-state index contributed by atoms with van der Waals surface area (Å²) in [6, 6.07) is 1.74. The van der Waals surface area contributed by atoms with E-state index in [9.17, 15) is 8.42 Å². The highest BCUT2D eigenvalue weighted by Crippen LogP contribution is 2.25. The Kier molecular flexibility index (Phi) is 6.48. The van der Waals surface area contributed by atoms with Gasteiger partial charge in [-0.05, 0) is 56.9 Å². The molecular formula is C13H23ClN2O2S. The molecule has 0 saturated carbocycles. The quantitative estimate of drug-likeness (QED) is 0.893. The van der Waals surface area contributed by atoms with Crippen LogP contribution in [0.5, 0.6) is 0 Å². The second-order valence-electron chi connectivity index (χ2n) is 4.85. The van der Waals surface area contributed by atoms with Gasteiger partial charge in [0.1, 0.15) is 0 Å². The lowest BCUT2D eigenvalue weighted by Crippen LogP contribution is -2.38. The van der Waals surface area contributed by atoms with E-state index in [0.717, 1.165) is 22.3 Å². The first kappa shape index (κ1) is 18.4. The van der Waals surface area contributed by atoms with Crippen molar-refractivity contribution in [1.29, 1.82) is 0 Å². The molecule has 0 aromatic heterocycles. The molecule has 0 aliphatic heterocycles. The van der Waals surface area contributed by atoms with Crippen molar-refractivity contribution in [3.05, 3.63) is 28.3 Å². The largest absolute Gasteiger partial charge is 0.329 e. The summed E-state index contributed by atoms with van der Waals surface area (Å²) in [5.74, 6) is 0. The lowest BCUT2D eigenvalue weighted by Gasteiger charge is -2.18. The van der Waals surface area contributed by atoms with Gasteiger partial charge in [-0.2, -0.15) is 0 Å². The number of hydrogen-bond acceptors (Lipinski definition) is 3. The molecule has 1 aromatic rings. The van der Waals surface area contributed by atoms with Gasteiger partial charge < -0.3 is 5.73 Å². The number of sulfonamides is 1. The van der Waals surface area contributed by atoms with Gasteiger partial charge in [0, 0.05) is 12.6 Å². The first-order chi connectivity index (χ1) is 8.20. The average molecular weight is 307 g/mol. The Balaban J connectivity index is 0.00000324. The molecule has 6 heteroatoms. The highest BCUT2D eigenvalue weighted by atomic mass is 35.5. The Bertz CT molecular complexity index is 530. The van der Waals surface area contributed by atoms with E-state index >= 15 is 0 Å². The van der Waals surface area contributed by atoms with Gasteiger partial charge in [-0.25, -0.2) is 13.1 Å². The van der Waals surface area contributed by atoms with Crippen LogP contribution in [0.2, 0.25) is 0 Å². The highest BCUT2D eigenvalue weighted by molar-refractivity contribution is 7.89. The zero-order valence-electron chi connectivity index (χ0n) is 12.1. The monoisotopic (exact) mass is 306 g/mol. The smallest absolute Gasteiger partial charge is 0.241 e. The Labute approximate surface area is 122 Å². The predicted octanol–water partition coefficient (Wildman–Crippen LogP) is 1.97. The summed E-state index contributed by atoms with van der Waals surface area (Å²) in [7, 11) is -3.51. The maximum Gasteiger partial charge on any atom is 0.241 e. The van der Waals surface area contributed by atoms with E-state index in [4.69, 9.17) is 5.73 Å². The predicted molar refractivity (Wildman–Crippen MR) is 81.5 cm³/mol. The third-order valence-corrected chi connectivity index (χ3v) is 5.14. The van der Waals surface area contributed by atoms with Crippen molar-refractivity contribution in [1.82, 2.24) is 4.72 Å². The highest BCUT2D eigenvalue weighted by Gasteiger charge is 2.23. The molecule has 1 atom stereocenters. The van der Waals surface area contributed by atoms with Crippen LogP contribution in [0.25, 0.3) is 0 Å². The summed E-state index contributed by atoms with van der Waals surface area (Å²) >= 11 is 0. The van der Waals surface area contributed by atoms with Gasteiger partial charge in [0.15, 0.2) is 0 Å². The number of benzene rings is 1. The number of halogens is 1. The summed E-state index contributed by atoms with van der Waals surface area (Å²) in [6.07, 6.45) is 0. The second kappa shape index (κ2) is 6.70. The van der Waals surface area contributed by atoms with Crippen LogP contribution in [0.4, 0.5) is 0 Å². The van der Waals surface area contributed by atoms with Crippen molar-refractivity contribution in [3.8, 4) is 0 Å². The fourth-order valence-corrected chi connectivity index (χ4v) is 3.83. The van der Waals surface area contributed by atoms with Crippen molar-refractivity contribution in [2.75, 3.05) is 6.54 Å². The normalized spacial score (nSPS) is 12.9. The molecule has 0 spiro atoms. The maximum atomic E-state index is 12.4. The molecule has 0 aliphatic carbocycles. The lowest BCUT2D eigenvalue weighted by atomic mass is 10.0. The first-order valence-electron chi connectivity index (χ1n) is 6.00. The Morgan fingerprint density at radius 3 is 1.95 bits per heavy atom. The number of aryl methyl sites for hydroxylation is 2. The molecule has 0 amide bonds. The summed E-state index contributed by atoms with van der Waals surface area (Å²) in [6.45, 7) is 9.56. The van der Waals surface area contributed by atoms with Crippen LogP contribution in [-0.4, -0.2) is 21.0 Å². The van der Waals surface area contributed by atoms with Crippen molar-refractivity contribution in [2.24, 2.45) is 5.73 Å². The van der Waals surface area contributed by atoms with E-state index in [-0.39, 0.29) is 25.0 Å². The van der Waals surface area contributed by atoms with Gasteiger partial charge in [-0.1, -0.05) is 6.07 Å². The van der Waals surface area contributed by atoms with Crippen molar-refractivity contribution < 1.29 is 8.42 Å². The number of nitrogens with two attached hydrogens (primary N) is 1. The van der Waals surface area contributed by atoms with Crippen LogP contribution in [0, 0.1) is 27.7 Å². The van der Waals surface area contributed by atoms with Gasteiger partial charge in [0.05, 0.1) is 4.90 Å². The topological polar surface area (TPSA) is 72.2 Å². The molecule has 3 N–H and O–H groups in total. The van der Waals surface area contributed by atoms with Crippen LogP contribution >= 0.6 is 12.4 Å². The molecule has 19 heavy (non-hydrogen) atoms. The Hall–Kier alpha value is -0.620. The average Bonchev–Trinajstić information content (AvgIpc) is 2.25. The molecule has 1 rings (SSSR count). The van der Waals surface area contributed by atoms with Crippen molar-refractivity contribution in [3.63, 3.8) is 0 Å². The van der Waals surface area contributed by atoms with Gasteiger partial charge >= 0.3 is 0 Å². The molecular weight excluding hydrogens is 284 g/mol. The van der Waals surface area contributed by atoms with E-state index in [1.54, 1.807) is 6.92 Å². The Morgan fingerprint density at radius 2 is 1.58 bits per heavy atom. The standard InChI is InChI=1S/C13H22N2O2S.ClH/c1-8-6-9(2)12(5)13(11(8)4)18(16,17)15-10(3)7-14;/h6,10,15H,7,14H2,1-5H3;1H/t10-;/m0./s1. The zero-order chi connectivity index (χ0) is 14.1. The SMILES string of the molecule is Cc1cc(C)c(C)c(S(=O)(=O)N[C@@H](C)CN)c1C.Cl. The van der Waals surface area contributed by atoms with Gasteiger partial charge in [-0.15, -0.1) is 12.4 Å². The molecule has 0 radical (unpaired) electrons. The van der Waals surface area contributed by atoms with E-state index in [1.807, 2.05) is 33.8 Å². The zero-order valence-corrected chi connectivity index (χ0v) is 13.7. The Morgan fingerprint density at radius 1 is 1.16 bits per heavy atom. The maximum absolute atomic E-state index is 12.4. The van der Waals surface area contributed by atoms with Crippen LogP contribution < -0.4 is 10.5 Å². The molecule has 1 aromatic carbocycles. The van der Waals surface area contributed by atoms with Gasteiger partial charge in [0.2, 0.25) is 10.0 Å². The lowest BCUT2D eigenvalue weighted by molar-refractivity contribution is 0.561. The second-order valence-corrected chi connectivity index (χ2v) is 6.50. The molecule has 0 bridgehead atoms. The van der Waals surface area contributed by atoms with E-state index < -0.39 is 10.0 Å². The molecule has 0 aliphatic rings. The van der Waals surface area contributed by atoms with Gasteiger partial charge in [-0.3, -0.25) is 0 Å². The minimum absolute atomic E-state index is 0. The fraction of sp³-hybridized carbons (Fsp3) is 0.538. The van der Waals surface area contributed by atoms with Crippen LogP contribution in [0.15, 0.2) is 11.0 Å².